The molecule has 3 aromatic rings. The lowest BCUT2D eigenvalue weighted by Gasteiger charge is -2.29. The number of ether oxygens (including phenoxy) is 1. The van der Waals surface area contributed by atoms with Crippen LogP contribution in [-0.4, -0.2) is 51.0 Å². The number of aromatic nitrogens is 5. The van der Waals surface area contributed by atoms with Crippen LogP contribution in [0.3, 0.4) is 0 Å². The number of fused-ring (bicyclic) bond motifs is 1. The lowest BCUT2D eigenvalue weighted by molar-refractivity contribution is 0.123. The Hall–Kier alpha value is -1.93. The number of morpholine rings is 1. The van der Waals surface area contributed by atoms with Crippen molar-refractivity contribution < 1.29 is 4.74 Å². The molecule has 1 aliphatic heterocycles. The molecule has 0 aliphatic carbocycles. The van der Waals surface area contributed by atoms with Gasteiger partial charge in [0.1, 0.15) is 10.1 Å². The Morgan fingerprint density at radius 3 is 2.90 bits per heavy atom. The molecule has 4 rings (SSSR count). The normalized spacial score (nSPS) is 15.8. The molecular formula is C13H13BrN6O. The first-order valence-corrected chi connectivity index (χ1v) is 7.49. The Balaban J connectivity index is 1.85. The molecule has 1 fully saturated rings. The second-order valence-corrected chi connectivity index (χ2v) is 5.59. The van der Waals surface area contributed by atoms with Gasteiger partial charge in [0.25, 0.3) is 0 Å². The van der Waals surface area contributed by atoms with Crippen LogP contribution in [-0.2, 0) is 4.74 Å². The Bertz CT molecular complexity index is 776. The van der Waals surface area contributed by atoms with Crippen LogP contribution in [0.1, 0.15) is 0 Å². The van der Waals surface area contributed by atoms with Gasteiger partial charge in [0.05, 0.1) is 25.2 Å². The van der Waals surface area contributed by atoms with E-state index in [1.807, 2.05) is 18.3 Å². The van der Waals surface area contributed by atoms with E-state index >= 15 is 0 Å². The van der Waals surface area contributed by atoms with Crippen molar-refractivity contribution in [1.82, 2.24) is 24.7 Å². The highest BCUT2D eigenvalue weighted by Gasteiger charge is 2.18. The molecule has 7 nitrogen and oxygen atoms in total. The number of rotatable bonds is 2. The summed E-state index contributed by atoms with van der Waals surface area (Å²) in [6, 6.07) is 3.90. The predicted octanol–water partition coefficient (Wildman–Crippen LogP) is 1.74. The first-order chi connectivity index (χ1) is 10.3. The standard InChI is InChI=1S/C13H13BrN6O/c14-10-1-2-20(18-10)11-7-9(19-3-5-21-6-4-19)12-13(17-11)16-8-15-12/h1-2,7-8H,3-6H2,(H,15,16,17). The van der Waals surface area contributed by atoms with Crippen LogP contribution < -0.4 is 4.90 Å². The second kappa shape index (κ2) is 5.12. The van der Waals surface area contributed by atoms with E-state index in [-0.39, 0.29) is 0 Å². The quantitative estimate of drug-likeness (QED) is 0.763. The van der Waals surface area contributed by atoms with E-state index in [0.717, 1.165) is 53.6 Å². The first-order valence-electron chi connectivity index (χ1n) is 6.69. The van der Waals surface area contributed by atoms with E-state index in [1.165, 1.54) is 0 Å². The molecule has 0 saturated carbocycles. The van der Waals surface area contributed by atoms with Crippen molar-refractivity contribution in [3.8, 4) is 5.82 Å². The maximum atomic E-state index is 5.42. The van der Waals surface area contributed by atoms with Gasteiger partial charge in [-0.05, 0) is 22.0 Å². The maximum Gasteiger partial charge on any atom is 0.161 e. The summed E-state index contributed by atoms with van der Waals surface area (Å²) in [7, 11) is 0. The Kier molecular flexibility index (Phi) is 3.12. The minimum atomic E-state index is 0.733. The van der Waals surface area contributed by atoms with Crippen molar-refractivity contribution in [1.29, 1.82) is 0 Å². The molecule has 21 heavy (non-hydrogen) atoms. The van der Waals surface area contributed by atoms with E-state index < -0.39 is 0 Å². The lowest BCUT2D eigenvalue weighted by atomic mass is 10.3. The minimum absolute atomic E-state index is 0.733. The van der Waals surface area contributed by atoms with Crippen LogP contribution in [0.2, 0.25) is 0 Å². The Morgan fingerprint density at radius 2 is 2.14 bits per heavy atom. The highest BCUT2D eigenvalue weighted by atomic mass is 79.9. The molecule has 0 spiro atoms. The molecule has 8 heteroatoms. The van der Waals surface area contributed by atoms with Gasteiger partial charge >= 0.3 is 0 Å². The smallest absolute Gasteiger partial charge is 0.161 e. The third-order valence-corrected chi connectivity index (χ3v) is 3.92. The van der Waals surface area contributed by atoms with E-state index in [4.69, 9.17) is 4.74 Å². The van der Waals surface area contributed by atoms with Crippen molar-refractivity contribution in [2.24, 2.45) is 0 Å². The number of hydrogen-bond acceptors (Lipinski definition) is 5. The van der Waals surface area contributed by atoms with Gasteiger partial charge in [0.2, 0.25) is 0 Å². The maximum absolute atomic E-state index is 5.42. The molecule has 0 atom stereocenters. The van der Waals surface area contributed by atoms with Crippen LogP contribution in [0.4, 0.5) is 5.69 Å². The van der Waals surface area contributed by atoms with Crippen molar-refractivity contribution >= 4 is 32.8 Å². The second-order valence-electron chi connectivity index (χ2n) is 4.78. The zero-order valence-corrected chi connectivity index (χ0v) is 12.7. The van der Waals surface area contributed by atoms with Gasteiger partial charge in [-0.15, -0.1) is 0 Å². The molecule has 108 valence electrons. The molecule has 0 unspecified atom stereocenters. The summed E-state index contributed by atoms with van der Waals surface area (Å²) >= 11 is 3.36. The largest absolute Gasteiger partial charge is 0.378 e. The molecule has 1 N–H and O–H groups in total. The van der Waals surface area contributed by atoms with Crippen molar-refractivity contribution in [3.63, 3.8) is 0 Å². The van der Waals surface area contributed by atoms with Gasteiger partial charge in [-0.2, -0.15) is 5.10 Å². The molecule has 1 aliphatic rings. The van der Waals surface area contributed by atoms with Gasteiger partial charge in [-0.3, -0.25) is 0 Å². The summed E-state index contributed by atoms with van der Waals surface area (Å²) in [5.41, 5.74) is 2.71. The summed E-state index contributed by atoms with van der Waals surface area (Å²) in [6.45, 7) is 3.18. The van der Waals surface area contributed by atoms with Gasteiger partial charge in [0, 0.05) is 25.4 Å². The van der Waals surface area contributed by atoms with Crippen LogP contribution >= 0.6 is 15.9 Å². The third-order valence-electron chi connectivity index (χ3n) is 3.50. The molecular weight excluding hydrogens is 336 g/mol. The lowest BCUT2D eigenvalue weighted by Crippen LogP contribution is -2.36. The molecule has 4 heterocycles. The number of pyridine rings is 1. The topological polar surface area (TPSA) is 71.9 Å². The molecule has 0 amide bonds. The van der Waals surface area contributed by atoms with Crippen molar-refractivity contribution in [2.45, 2.75) is 0 Å². The van der Waals surface area contributed by atoms with E-state index in [9.17, 15) is 0 Å². The van der Waals surface area contributed by atoms with Crippen LogP contribution in [0.25, 0.3) is 17.0 Å². The summed E-state index contributed by atoms with van der Waals surface area (Å²) in [5, 5.41) is 4.35. The van der Waals surface area contributed by atoms with Gasteiger partial charge in [-0.1, -0.05) is 0 Å². The van der Waals surface area contributed by atoms with Crippen LogP contribution in [0.5, 0.6) is 0 Å². The minimum Gasteiger partial charge on any atom is -0.378 e. The highest BCUT2D eigenvalue weighted by Crippen LogP contribution is 2.26. The Morgan fingerprint density at radius 1 is 1.29 bits per heavy atom. The van der Waals surface area contributed by atoms with Gasteiger partial charge < -0.3 is 14.6 Å². The zero-order valence-electron chi connectivity index (χ0n) is 11.2. The third kappa shape index (κ3) is 2.30. The average Bonchev–Trinajstić information content (AvgIpc) is 3.15. The monoisotopic (exact) mass is 348 g/mol. The summed E-state index contributed by atoms with van der Waals surface area (Å²) in [5.74, 6) is 0.763. The number of imidazole rings is 1. The fourth-order valence-corrected chi connectivity index (χ4v) is 2.78. The SMILES string of the molecule is Brc1ccn(-c2cc(N3CCOCC3)c3nc[nH]c3n2)n1. The molecule has 1 saturated heterocycles. The number of aromatic amines is 1. The number of halogens is 1. The van der Waals surface area contributed by atoms with E-state index in [1.54, 1.807) is 11.0 Å². The summed E-state index contributed by atoms with van der Waals surface area (Å²) in [6.07, 6.45) is 3.54. The fraction of sp³-hybridized carbons (Fsp3) is 0.308. The summed E-state index contributed by atoms with van der Waals surface area (Å²) < 4.78 is 7.95. The van der Waals surface area contributed by atoms with E-state index in [2.05, 4.69) is 40.9 Å². The number of anilines is 1. The molecule has 0 bridgehead atoms. The van der Waals surface area contributed by atoms with Crippen LogP contribution in [0, 0.1) is 0 Å². The van der Waals surface area contributed by atoms with Crippen molar-refractivity contribution in [2.75, 3.05) is 31.2 Å². The van der Waals surface area contributed by atoms with Gasteiger partial charge in [-0.25, -0.2) is 14.6 Å². The summed E-state index contributed by atoms with van der Waals surface area (Å²) in [4.78, 5) is 14.3. The highest BCUT2D eigenvalue weighted by molar-refractivity contribution is 9.10. The van der Waals surface area contributed by atoms with Crippen molar-refractivity contribution in [3.05, 3.63) is 29.3 Å². The van der Waals surface area contributed by atoms with Gasteiger partial charge in [0.15, 0.2) is 11.5 Å². The predicted molar refractivity (Wildman–Crippen MR) is 81.7 cm³/mol. The number of nitrogens with zero attached hydrogens (tertiary/aromatic N) is 5. The molecule has 3 aromatic heterocycles. The number of hydrogen-bond donors (Lipinski definition) is 1. The number of nitrogens with one attached hydrogen (secondary N) is 1. The molecule has 0 aromatic carbocycles. The fourth-order valence-electron chi connectivity index (χ4n) is 2.49. The first kappa shape index (κ1) is 12.8. The zero-order chi connectivity index (χ0) is 14.2. The van der Waals surface area contributed by atoms with E-state index in [0.29, 0.717) is 0 Å². The Labute approximate surface area is 129 Å². The molecule has 0 radical (unpaired) electrons. The average molecular weight is 349 g/mol. The number of H-pyrrole nitrogens is 1. The van der Waals surface area contributed by atoms with Crippen LogP contribution in [0.15, 0.2) is 29.3 Å².